The van der Waals surface area contributed by atoms with Crippen molar-refractivity contribution < 1.29 is 4.79 Å². The third kappa shape index (κ3) is 4.70. The molecule has 1 heterocycles. The Morgan fingerprint density at radius 2 is 1.65 bits per heavy atom. The van der Waals surface area contributed by atoms with Gasteiger partial charge in [-0.2, -0.15) is 0 Å². The maximum atomic E-state index is 12.3. The molecule has 0 spiro atoms. The Morgan fingerprint density at radius 1 is 1.00 bits per heavy atom. The van der Waals surface area contributed by atoms with E-state index in [9.17, 15) is 4.79 Å². The summed E-state index contributed by atoms with van der Waals surface area (Å²) in [6, 6.07) is 18.1. The minimum absolute atomic E-state index is 0.0368. The van der Waals surface area contributed by atoms with E-state index in [0.29, 0.717) is 6.54 Å². The van der Waals surface area contributed by atoms with Crippen LogP contribution in [0.4, 0.5) is 5.69 Å². The highest BCUT2D eigenvalue weighted by molar-refractivity contribution is 5.98. The largest absolute Gasteiger partial charge is 0.354 e. The van der Waals surface area contributed by atoms with Gasteiger partial charge < -0.3 is 10.2 Å². The van der Waals surface area contributed by atoms with E-state index < -0.39 is 0 Å². The molecule has 136 valence electrons. The topological polar surface area (TPSA) is 47.9 Å². The number of hydrogen-bond donors (Lipinski definition) is 1. The Hall–Kier alpha value is -2.66. The lowest BCUT2D eigenvalue weighted by Crippen LogP contribution is -2.50. The molecule has 1 aliphatic heterocycles. The van der Waals surface area contributed by atoms with E-state index in [0.717, 1.165) is 43.3 Å². The molecule has 1 N–H and O–H groups in total. The average molecular weight is 350 g/mol. The van der Waals surface area contributed by atoms with Crippen molar-refractivity contribution in [3.63, 3.8) is 0 Å². The predicted molar refractivity (Wildman–Crippen MR) is 107 cm³/mol. The van der Waals surface area contributed by atoms with Gasteiger partial charge >= 0.3 is 0 Å². The van der Waals surface area contributed by atoms with Crippen molar-refractivity contribution in [3.8, 4) is 0 Å². The summed E-state index contributed by atoms with van der Waals surface area (Å²) in [6.45, 7) is 5.92. The Kier molecular flexibility index (Phi) is 6.02. The number of rotatable bonds is 4. The normalized spacial score (nSPS) is 15.8. The molecule has 0 atom stereocenters. The number of aryl methyl sites for hydroxylation is 1. The van der Waals surface area contributed by atoms with E-state index in [1.165, 1.54) is 5.56 Å². The first kappa shape index (κ1) is 18.1. The molecule has 2 aromatic carbocycles. The number of hydrogen-bond acceptors (Lipinski definition) is 3. The molecular formula is C21H26N4O. The lowest BCUT2D eigenvalue weighted by atomic mass is 10.1. The summed E-state index contributed by atoms with van der Waals surface area (Å²) in [7, 11) is 1.84. The smallest absolute Gasteiger partial charge is 0.238 e. The van der Waals surface area contributed by atoms with Crippen LogP contribution >= 0.6 is 0 Å². The van der Waals surface area contributed by atoms with Crippen molar-refractivity contribution >= 4 is 17.4 Å². The van der Waals surface area contributed by atoms with Crippen LogP contribution in [0.15, 0.2) is 59.6 Å². The molecule has 1 saturated heterocycles. The van der Waals surface area contributed by atoms with Crippen LogP contribution in [0.1, 0.15) is 11.1 Å². The van der Waals surface area contributed by atoms with E-state index in [4.69, 9.17) is 0 Å². The van der Waals surface area contributed by atoms with Crippen LogP contribution in [-0.4, -0.2) is 61.3 Å². The van der Waals surface area contributed by atoms with Crippen LogP contribution in [-0.2, 0) is 4.79 Å². The molecule has 0 aliphatic carbocycles. The fourth-order valence-electron chi connectivity index (χ4n) is 3.20. The molecule has 3 rings (SSSR count). The van der Waals surface area contributed by atoms with Crippen LogP contribution in [0, 0.1) is 6.92 Å². The van der Waals surface area contributed by atoms with Crippen molar-refractivity contribution in [1.29, 1.82) is 0 Å². The molecule has 0 bridgehead atoms. The standard InChI is InChI=1S/C21H26N4O/c1-17-8-10-19(11-9-17)23-20(26)16-24-12-14-25(15-13-24)21(22-2)18-6-4-3-5-7-18/h3-11H,12-16H2,1-2H3,(H,23,26). The average Bonchev–Trinajstić information content (AvgIpc) is 2.66. The van der Waals surface area contributed by atoms with Crippen molar-refractivity contribution in [2.75, 3.05) is 45.1 Å². The SMILES string of the molecule is CN=C(c1ccccc1)N1CCN(CC(=O)Nc2ccc(C)cc2)CC1. The molecule has 1 amide bonds. The van der Waals surface area contributed by atoms with Crippen molar-refractivity contribution in [3.05, 3.63) is 65.7 Å². The summed E-state index contributed by atoms with van der Waals surface area (Å²) < 4.78 is 0. The zero-order valence-electron chi connectivity index (χ0n) is 15.5. The van der Waals surface area contributed by atoms with Gasteiger partial charge in [0.25, 0.3) is 0 Å². The number of anilines is 1. The number of amidine groups is 1. The van der Waals surface area contributed by atoms with Crippen LogP contribution in [0.3, 0.4) is 0 Å². The first-order chi connectivity index (χ1) is 12.7. The third-order valence-electron chi connectivity index (χ3n) is 4.62. The molecule has 2 aromatic rings. The van der Waals surface area contributed by atoms with E-state index in [1.807, 2.05) is 56.4 Å². The van der Waals surface area contributed by atoms with Gasteiger partial charge in [0.15, 0.2) is 0 Å². The third-order valence-corrected chi connectivity index (χ3v) is 4.62. The van der Waals surface area contributed by atoms with Crippen molar-refractivity contribution in [2.24, 2.45) is 4.99 Å². The van der Waals surface area contributed by atoms with Gasteiger partial charge in [-0.25, -0.2) is 0 Å². The molecule has 1 fully saturated rings. The summed E-state index contributed by atoms with van der Waals surface area (Å²) in [5, 5.41) is 2.97. The summed E-state index contributed by atoms with van der Waals surface area (Å²) in [5.74, 6) is 1.06. The Bertz CT molecular complexity index is 747. The second-order valence-electron chi connectivity index (χ2n) is 6.59. The van der Waals surface area contributed by atoms with E-state index in [-0.39, 0.29) is 5.91 Å². The predicted octanol–water partition coefficient (Wildman–Crippen LogP) is 2.63. The van der Waals surface area contributed by atoms with Crippen LogP contribution in [0.2, 0.25) is 0 Å². The fraction of sp³-hybridized carbons (Fsp3) is 0.333. The highest BCUT2D eigenvalue weighted by Gasteiger charge is 2.21. The first-order valence-electron chi connectivity index (χ1n) is 9.02. The molecule has 0 aromatic heterocycles. The van der Waals surface area contributed by atoms with Gasteiger partial charge in [-0.05, 0) is 19.1 Å². The number of aliphatic imine (C=N–C) groups is 1. The van der Waals surface area contributed by atoms with E-state index in [1.54, 1.807) is 0 Å². The minimum Gasteiger partial charge on any atom is -0.354 e. The molecule has 0 unspecified atom stereocenters. The second-order valence-corrected chi connectivity index (χ2v) is 6.59. The fourth-order valence-corrected chi connectivity index (χ4v) is 3.20. The lowest BCUT2D eigenvalue weighted by molar-refractivity contribution is -0.117. The van der Waals surface area contributed by atoms with Crippen molar-refractivity contribution in [1.82, 2.24) is 9.80 Å². The minimum atomic E-state index is 0.0368. The molecule has 5 heteroatoms. The zero-order valence-corrected chi connectivity index (χ0v) is 15.5. The first-order valence-corrected chi connectivity index (χ1v) is 9.02. The molecular weight excluding hydrogens is 324 g/mol. The van der Waals surface area contributed by atoms with Gasteiger partial charge in [0, 0.05) is 44.5 Å². The number of carbonyl (C=O) groups is 1. The summed E-state index contributed by atoms with van der Waals surface area (Å²) in [6.07, 6.45) is 0. The van der Waals surface area contributed by atoms with Gasteiger partial charge in [-0.15, -0.1) is 0 Å². The van der Waals surface area contributed by atoms with Gasteiger partial charge in [0.2, 0.25) is 5.91 Å². The van der Waals surface area contributed by atoms with E-state index in [2.05, 4.69) is 32.2 Å². The van der Waals surface area contributed by atoms with Crippen LogP contribution < -0.4 is 5.32 Å². The maximum Gasteiger partial charge on any atom is 0.238 e. The quantitative estimate of drug-likeness (QED) is 0.681. The molecule has 1 aliphatic rings. The number of piperazine rings is 1. The van der Waals surface area contributed by atoms with Crippen molar-refractivity contribution in [2.45, 2.75) is 6.92 Å². The van der Waals surface area contributed by atoms with Crippen LogP contribution in [0.25, 0.3) is 0 Å². The lowest BCUT2D eigenvalue weighted by Gasteiger charge is -2.36. The number of nitrogens with zero attached hydrogens (tertiary/aromatic N) is 3. The van der Waals surface area contributed by atoms with Gasteiger partial charge in [-0.1, -0.05) is 48.0 Å². The van der Waals surface area contributed by atoms with Gasteiger partial charge in [0.05, 0.1) is 6.54 Å². The summed E-state index contributed by atoms with van der Waals surface area (Å²) in [4.78, 5) is 21.2. The van der Waals surface area contributed by atoms with Gasteiger partial charge in [0.1, 0.15) is 5.84 Å². The zero-order chi connectivity index (χ0) is 18.4. The Morgan fingerprint density at radius 3 is 2.27 bits per heavy atom. The maximum absolute atomic E-state index is 12.3. The number of nitrogens with one attached hydrogen (secondary N) is 1. The molecule has 26 heavy (non-hydrogen) atoms. The second kappa shape index (κ2) is 8.63. The Balaban J connectivity index is 1.50. The number of benzene rings is 2. The Labute approximate surface area is 155 Å². The highest BCUT2D eigenvalue weighted by atomic mass is 16.2. The summed E-state index contributed by atoms with van der Waals surface area (Å²) in [5.41, 5.74) is 3.18. The summed E-state index contributed by atoms with van der Waals surface area (Å²) >= 11 is 0. The number of amides is 1. The molecule has 0 radical (unpaired) electrons. The van der Waals surface area contributed by atoms with Gasteiger partial charge in [-0.3, -0.25) is 14.7 Å². The highest BCUT2D eigenvalue weighted by Crippen LogP contribution is 2.11. The number of carbonyl (C=O) groups excluding carboxylic acids is 1. The monoisotopic (exact) mass is 350 g/mol. The molecule has 5 nitrogen and oxygen atoms in total. The molecule has 0 saturated carbocycles. The van der Waals surface area contributed by atoms with E-state index >= 15 is 0 Å². The van der Waals surface area contributed by atoms with Crippen LogP contribution in [0.5, 0.6) is 0 Å².